The fourth-order valence-electron chi connectivity index (χ4n) is 2.55. The monoisotopic (exact) mass is 313 g/mol. The summed E-state index contributed by atoms with van der Waals surface area (Å²) in [7, 11) is 1.63. The standard InChI is InChI=1S/C16H19N5O2/c1-11-5-6-14(19-18-11)21-9-12(10-21)8-17-15(22)13-4-3-7-20(2)16(13)23/h3-7,12H,8-10H2,1-2H3,(H,17,22). The molecular weight excluding hydrogens is 294 g/mol. The van der Waals surface area contributed by atoms with Gasteiger partial charge >= 0.3 is 0 Å². The van der Waals surface area contributed by atoms with Crippen molar-refractivity contribution in [3.8, 4) is 0 Å². The molecule has 3 heterocycles. The molecule has 1 saturated heterocycles. The number of amides is 1. The third kappa shape index (κ3) is 3.23. The van der Waals surface area contributed by atoms with Crippen LogP contribution in [-0.4, -0.2) is 40.3 Å². The average Bonchev–Trinajstić information content (AvgIpc) is 2.50. The second-order valence-electron chi connectivity index (χ2n) is 5.85. The normalized spacial score (nSPS) is 14.4. The molecule has 0 aromatic carbocycles. The highest BCUT2D eigenvalue weighted by Crippen LogP contribution is 2.21. The molecule has 3 rings (SSSR count). The van der Waals surface area contributed by atoms with Crippen molar-refractivity contribution in [1.82, 2.24) is 20.1 Å². The molecule has 0 unspecified atom stereocenters. The molecule has 7 heteroatoms. The van der Waals surface area contributed by atoms with Crippen LogP contribution < -0.4 is 15.8 Å². The van der Waals surface area contributed by atoms with Crippen LogP contribution in [0.4, 0.5) is 5.82 Å². The van der Waals surface area contributed by atoms with Crippen molar-refractivity contribution >= 4 is 11.7 Å². The van der Waals surface area contributed by atoms with Crippen LogP contribution in [0.2, 0.25) is 0 Å². The van der Waals surface area contributed by atoms with Crippen LogP contribution in [-0.2, 0) is 7.05 Å². The second kappa shape index (κ2) is 6.20. The van der Waals surface area contributed by atoms with E-state index in [1.165, 1.54) is 4.57 Å². The number of carbonyl (C=O) groups is 1. The summed E-state index contributed by atoms with van der Waals surface area (Å²) >= 11 is 0. The summed E-state index contributed by atoms with van der Waals surface area (Å²) in [4.78, 5) is 26.1. The Morgan fingerprint density at radius 2 is 2.09 bits per heavy atom. The van der Waals surface area contributed by atoms with E-state index in [0.29, 0.717) is 12.5 Å². The van der Waals surface area contributed by atoms with Gasteiger partial charge in [-0.05, 0) is 31.2 Å². The number of nitrogens with one attached hydrogen (secondary N) is 1. The average molecular weight is 313 g/mol. The lowest BCUT2D eigenvalue weighted by Crippen LogP contribution is -2.52. The van der Waals surface area contributed by atoms with Crippen LogP contribution in [0.15, 0.2) is 35.3 Å². The molecule has 7 nitrogen and oxygen atoms in total. The molecule has 0 radical (unpaired) electrons. The molecule has 0 atom stereocenters. The van der Waals surface area contributed by atoms with Crippen molar-refractivity contribution in [1.29, 1.82) is 0 Å². The van der Waals surface area contributed by atoms with E-state index < -0.39 is 0 Å². The van der Waals surface area contributed by atoms with E-state index in [2.05, 4.69) is 20.4 Å². The molecule has 0 spiro atoms. The largest absolute Gasteiger partial charge is 0.354 e. The summed E-state index contributed by atoms with van der Waals surface area (Å²) in [6.45, 7) is 4.10. The molecule has 1 aliphatic heterocycles. The van der Waals surface area contributed by atoms with Crippen LogP contribution in [0.25, 0.3) is 0 Å². The van der Waals surface area contributed by atoms with Gasteiger partial charge < -0.3 is 14.8 Å². The predicted octanol–water partition coefficient (Wildman–Crippen LogP) is 0.350. The van der Waals surface area contributed by atoms with E-state index in [1.807, 2.05) is 19.1 Å². The lowest BCUT2D eigenvalue weighted by atomic mass is 10.00. The maximum atomic E-state index is 12.1. The van der Waals surface area contributed by atoms with Gasteiger partial charge in [-0.2, -0.15) is 5.10 Å². The molecule has 0 aliphatic carbocycles. The molecule has 0 saturated carbocycles. The summed E-state index contributed by atoms with van der Waals surface area (Å²) < 4.78 is 1.40. The number of pyridine rings is 1. The van der Waals surface area contributed by atoms with E-state index in [0.717, 1.165) is 24.6 Å². The summed E-state index contributed by atoms with van der Waals surface area (Å²) in [5, 5.41) is 11.0. The van der Waals surface area contributed by atoms with Gasteiger partial charge in [-0.3, -0.25) is 9.59 Å². The van der Waals surface area contributed by atoms with Gasteiger partial charge in [0.05, 0.1) is 5.69 Å². The Balaban J connectivity index is 1.51. The van der Waals surface area contributed by atoms with Crippen LogP contribution in [0.3, 0.4) is 0 Å². The van der Waals surface area contributed by atoms with Gasteiger partial charge in [0.1, 0.15) is 5.56 Å². The topological polar surface area (TPSA) is 80.1 Å². The van der Waals surface area contributed by atoms with Crippen molar-refractivity contribution in [3.05, 3.63) is 52.1 Å². The van der Waals surface area contributed by atoms with Crippen molar-refractivity contribution in [3.63, 3.8) is 0 Å². The molecular formula is C16H19N5O2. The molecule has 0 bridgehead atoms. The lowest BCUT2D eigenvalue weighted by Gasteiger charge is -2.39. The van der Waals surface area contributed by atoms with Gasteiger partial charge in [0.25, 0.3) is 11.5 Å². The number of hydrogen-bond acceptors (Lipinski definition) is 5. The Morgan fingerprint density at radius 1 is 1.30 bits per heavy atom. The van der Waals surface area contributed by atoms with E-state index >= 15 is 0 Å². The van der Waals surface area contributed by atoms with Gasteiger partial charge in [-0.25, -0.2) is 0 Å². The van der Waals surface area contributed by atoms with Crippen LogP contribution >= 0.6 is 0 Å². The Bertz CT molecular complexity index is 763. The lowest BCUT2D eigenvalue weighted by molar-refractivity contribution is 0.0942. The molecule has 2 aromatic rings. The molecule has 1 aliphatic rings. The highest BCUT2D eigenvalue weighted by Gasteiger charge is 2.28. The molecule has 1 N–H and O–H groups in total. The Labute approximate surface area is 134 Å². The molecule has 2 aromatic heterocycles. The number of carbonyl (C=O) groups excluding carboxylic acids is 1. The minimum atomic E-state index is -0.320. The zero-order chi connectivity index (χ0) is 16.4. The number of nitrogens with zero attached hydrogens (tertiary/aromatic N) is 4. The second-order valence-corrected chi connectivity index (χ2v) is 5.85. The first-order chi connectivity index (χ1) is 11.0. The first-order valence-corrected chi connectivity index (χ1v) is 7.53. The van der Waals surface area contributed by atoms with E-state index in [4.69, 9.17) is 0 Å². The summed E-state index contributed by atoms with van der Waals surface area (Å²) in [6.07, 6.45) is 1.63. The Morgan fingerprint density at radius 3 is 2.78 bits per heavy atom. The zero-order valence-corrected chi connectivity index (χ0v) is 13.2. The molecule has 1 amide bonds. The summed E-state index contributed by atoms with van der Waals surface area (Å²) in [5.41, 5.74) is 0.785. The highest BCUT2D eigenvalue weighted by atomic mass is 16.2. The summed E-state index contributed by atoms with van der Waals surface area (Å²) in [6, 6.07) is 7.12. The Hall–Kier alpha value is -2.70. The van der Waals surface area contributed by atoms with E-state index in [1.54, 1.807) is 25.4 Å². The minimum absolute atomic E-state index is 0.176. The third-order valence-electron chi connectivity index (χ3n) is 3.98. The fraction of sp³-hybridized carbons (Fsp3) is 0.375. The SMILES string of the molecule is Cc1ccc(N2CC(CNC(=O)c3cccn(C)c3=O)C2)nn1. The maximum absolute atomic E-state index is 12.1. The number of rotatable bonds is 4. The van der Waals surface area contributed by atoms with Crippen LogP contribution in [0, 0.1) is 12.8 Å². The van der Waals surface area contributed by atoms with Crippen LogP contribution in [0.5, 0.6) is 0 Å². The smallest absolute Gasteiger partial charge is 0.263 e. The van der Waals surface area contributed by atoms with Gasteiger partial charge in [-0.1, -0.05) is 0 Å². The highest BCUT2D eigenvalue weighted by molar-refractivity contribution is 5.93. The minimum Gasteiger partial charge on any atom is -0.354 e. The van der Waals surface area contributed by atoms with Gasteiger partial charge in [0, 0.05) is 38.8 Å². The molecule has 120 valence electrons. The van der Waals surface area contributed by atoms with Crippen molar-refractivity contribution < 1.29 is 4.79 Å². The zero-order valence-electron chi connectivity index (χ0n) is 13.2. The van der Waals surface area contributed by atoms with Crippen molar-refractivity contribution in [2.45, 2.75) is 6.92 Å². The van der Waals surface area contributed by atoms with E-state index in [-0.39, 0.29) is 17.0 Å². The Kier molecular flexibility index (Phi) is 4.10. The number of aryl methyl sites for hydroxylation is 2. The molecule has 1 fully saturated rings. The van der Waals surface area contributed by atoms with Crippen molar-refractivity contribution in [2.75, 3.05) is 24.5 Å². The maximum Gasteiger partial charge on any atom is 0.263 e. The summed E-state index contributed by atoms with van der Waals surface area (Å²) in [5.74, 6) is 0.893. The van der Waals surface area contributed by atoms with Gasteiger partial charge in [-0.15, -0.1) is 5.10 Å². The first kappa shape index (κ1) is 15.2. The van der Waals surface area contributed by atoms with Crippen molar-refractivity contribution in [2.24, 2.45) is 13.0 Å². The quantitative estimate of drug-likeness (QED) is 0.881. The van der Waals surface area contributed by atoms with Gasteiger partial charge in [0.2, 0.25) is 0 Å². The van der Waals surface area contributed by atoms with Crippen LogP contribution in [0.1, 0.15) is 16.1 Å². The number of aromatic nitrogens is 3. The predicted molar refractivity (Wildman–Crippen MR) is 86.5 cm³/mol. The third-order valence-corrected chi connectivity index (χ3v) is 3.98. The molecule has 23 heavy (non-hydrogen) atoms. The fourth-order valence-corrected chi connectivity index (χ4v) is 2.55. The van der Waals surface area contributed by atoms with E-state index in [9.17, 15) is 9.59 Å². The first-order valence-electron chi connectivity index (χ1n) is 7.53. The van der Waals surface area contributed by atoms with Gasteiger partial charge in [0.15, 0.2) is 5.82 Å². The number of hydrogen-bond donors (Lipinski definition) is 1. The number of anilines is 1.